The van der Waals surface area contributed by atoms with Crippen molar-refractivity contribution in [3.63, 3.8) is 0 Å². The molecule has 0 amide bonds. The Bertz CT molecular complexity index is 779. The van der Waals surface area contributed by atoms with Crippen LogP contribution < -0.4 is 0 Å². The summed E-state index contributed by atoms with van der Waals surface area (Å²) in [7, 11) is 0. The van der Waals surface area contributed by atoms with Crippen LogP contribution in [-0.4, -0.2) is 107 Å². The fourth-order valence-corrected chi connectivity index (χ4v) is 4.58. The van der Waals surface area contributed by atoms with E-state index in [4.69, 9.17) is 28.4 Å². The molecular formula is C29H52O12. The Hall–Kier alpha value is -1.38. The lowest BCUT2D eigenvalue weighted by Crippen LogP contribution is -2.64. The number of ether oxygens (including phenoxy) is 6. The first-order valence-electron chi connectivity index (χ1n) is 15.1. The smallest absolute Gasteiger partial charge is 0.308 e. The van der Waals surface area contributed by atoms with Crippen LogP contribution in [0.5, 0.6) is 0 Å². The van der Waals surface area contributed by atoms with Crippen LogP contribution in [0, 0.1) is 11.8 Å². The van der Waals surface area contributed by atoms with Gasteiger partial charge in [-0.05, 0) is 19.8 Å². The number of hydrogen-bond acceptors (Lipinski definition) is 12. The Kier molecular flexibility index (Phi) is 15.4. The zero-order valence-corrected chi connectivity index (χ0v) is 25.3. The van der Waals surface area contributed by atoms with Crippen molar-refractivity contribution in [2.75, 3.05) is 13.2 Å². The molecule has 2 heterocycles. The van der Waals surface area contributed by atoms with E-state index in [1.165, 1.54) is 0 Å². The molecule has 2 rings (SSSR count). The first-order valence-corrected chi connectivity index (χ1v) is 15.1. The molecule has 0 radical (unpaired) electrons. The standard InChI is InChI=1S/C29H52O12/c1-7-9-10-11-12-13-14-36-29-25(21(31)20(30)19(39-29)15-37-27(35)17(5)8-2)41-28-23(33)22(32)24(18(6)38-28)40-26(34)16(3)4/h16-25,28-33H,7-15H2,1-6H3/t17-,18+,19-,20-,21+,22+,23-,24+,25-,28+,29-/m1/s1. The van der Waals surface area contributed by atoms with Crippen LogP contribution in [0.25, 0.3) is 0 Å². The highest BCUT2D eigenvalue weighted by Crippen LogP contribution is 2.31. The molecule has 0 unspecified atom stereocenters. The van der Waals surface area contributed by atoms with Crippen molar-refractivity contribution in [3.05, 3.63) is 0 Å². The van der Waals surface area contributed by atoms with Crippen LogP contribution in [-0.2, 0) is 38.0 Å². The molecule has 240 valence electrons. The van der Waals surface area contributed by atoms with Gasteiger partial charge in [0.1, 0.15) is 43.2 Å². The van der Waals surface area contributed by atoms with E-state index in [0.29, 0.717) is 6.42 Å². The van der Waals surface area contributed by atoms with E-state index in [1.807, 2.05) is 6.92 Å². The van der Waals surface area contributed by atoms with E-state index >= 15 is 0 Å². The minimum Gasteiger partial charge on any atom is -0.463 e. The summed E-state index contributed by atoms with van der Waals surface area (Å²) in [6.07, 6.45) is -6.59. The zero-order valence-electron chi connectivity index (χ0n) is 25.3. The summed E-state index contributed by atoms with van der Waals surface area (Å²) >= 11 is 0. The lowest BCUT2D eigenvalue weighted by Gasteiger charge is -2.46. The minimum absolute atomic E-state index is 0.277. The molecule has 0 saturated carbocycles. The number of esters is 2. The summed E-state index contributed by atoms with van der Waals surface area (Å²) in [6, 6.07) is 0. The number of carbonyl (C=O) groups excluding carboxylic acids is 2. The van der Waals surface area contributed by atoms with Gasteiger partial charge in [0, 0.05) is 6.61 Å². The monoisotopic (exact) mass is 592 g/mol. The molecule has 0 spiro atoms. The number of hydrogen-bond donors (Lipinski definition) is 4. The van der Waals surface area contributed by atoms with Crippen LogP contribution in [0.4, 0.5) is 0 Å². The summed E-state index contributed by atoms with van der Waals surface area (Å²) in [5.41, 5.74) is 0. The fraction of sp³-hybridized carbons (Fsp3) is 0.931. The average molecular weight is 593 g/mol. The van der Waals surface area contributed by atoms with Crippen molar-refractivity contribution in [1.29, 1.82) is 0 Å². The van der Waals surface area contributed by atoms with E-state index in [-0.39, 0.29) is 19.1 Å². The van der Waals surface area contributed by atoms with Crippen LogP contribution in [0.3, 0.4) is 0 Å². The van der Waals surface area contributed by atoms with Gasteiger partial charge in [-0.15, -0.1) is 0 Å². The predicted molar refractivity (Wildman–Crippen MR) is 146 cm³/mol. The second-order valence-electron chi connectivity index (χ2n) is 11.4. The first kappa shape index (κ1) is 35.8. The van der Waals surface area contributed by atoms with Crippen LogP contribution in [0.2, 0.25) is 0 Å². The van der Waals surface area contributed by atoms with Gasteiger partial charge in [0.15, 0.2) is 18.7 Å². The van der Waals surface area contributed by atoms with Crippen LogP contribution in [0.15, 0.2) is 0 Å². The fourth-order valence-electron chi connectivity index (χ4n) is 4.58. The molecule has 0 aromatic heterocycles. The van der Waals surface area contributed by atoms with Crippen molar-refractivity contribution in [1.82, 2.24) is 0 Å². The SMILES string of the molecule is CCCCCCCCO[C@@H]1O[C@H](COC(=O)[C@H](C)CC)[C@@H](O)[C@H](O)[C@H]1O[C@@H]1O[C@@H](C)[C@H](OC(=O)C(C)C)[C@@H](O)[C@H]1O. The van der Waals surface area contributed by atoms with Gasteiger partial charge in [-0.1, -0.05) is 66.7 Å². The summed E-state index contributed by atoms with van der Waals surface area (Å²) in [5.74, 6) is -1.79. The van der Waals surface area contributed by atoms with Gasteiger partial charge in [0.25, 0.3) is 0 Å². The number of aliphatic hydroxyl groups is 4. The van der Waals surface area contributed by atoms with Crippen LogP contribution in [0.1, 0.15) is 86.5 Å². The third-order valence-corrected chi connectivity index (χ3v) is 7.62. The average Bonchev–Trinajstić information content (AvgIpc) is 2.94. The molecule has 4 N–H and O–H groups in total. The Morgan fingerprint density at radius 2 is 1.41 bits per heavy atom. The molecule has 2 aliphatic rings. The van der Waals surface area contributed by atoms with Crippen molar-refractivity contribution in [3.8, 4) is 0 Å². The number of unbranched alkanes of at least 4 members (excludes halogenated alkanes) is 5. The van der Waals surface area contributed by atoms with Crippen LogP contribution >= 0.6 is 0 Å². The second-order valence-corrected chi connectivity index (χ2v) is 11.4. The summed E-state index contributed by atoms with van der Waals surface area (Å²) in [4.78, 5) is 24.3. The quantitative estimate of drug-likeness (QED) is 0.152. The topological polar surface area (TPSA) is 170 Å². The van der Waals surface area contributed by atoms with Crippen molar-refractivity contribution >= 4 is 11.9 Å². The molecular weight excluding hydrogens is 540 g/mol. The molecule has 2 fully saturated rings. The third-order valence-electron chi connectivity index (χ3n) is 7.62. The summed E-state index contributed by atoms with van der Waals surface area (Å²) in [6.45, 7) is 10.5. The highest BCUT2D eigenvalue weighted by atomic mass is 16.8. The largest absolute Gasteiger partial charge is 0.463 e. The highest BCUT2D eigenvalue weighted by molar-refractivity contribution is 5.72. The van der Waals surface area contributed by atoms with Crippen molar-refractivity contribution in [2.24, 2.45) is 11.8 Å². The van der Waals surface area contributed by atoms with E-state index in [9.17, 15) is 30.0 Å². The lowest BCUT2D eigenvalue weighted by molar-refractivity contribution is -0.365. The molecule has 0 aliphatic carbocycles. The second kappa shape index (κ2) is 17.7. The maximum Gasteiger partial charge on any atom is 0.308 e. The highest BCUT2D eigenvalue weighted by Gasteiger charge is 2.51. The van der Waals surface area contributed by atoms with Gasteiger partial charge in [-0.25, -0.2) is 0 Å². The Morgan fingerprint density at radius 1 is 0.780 bits per heavy atom. The van der Waals surface area contributed by atoms with Gasteiger partial charge in [0.05, 0.1) is 17.9 Å². The molecule has 12 nitrogen and oxygen atoms in total. The zero-order chi connectivity index (χ0) is 30.7. The van der Waals surface area contributed by atoms with E-state index in [2.05, 4.69) is 6.92 Å². The molecule has 12 heteroatoms. The van der Waals surface area contributed by atoms with Gasteiger partial charge < -0.3 is 48.8 Å². The number of rotatable bonds is 16. The molecule has 41 heavy (non-hydrogen) atoms. The van der Waals surface area contributed by atoms with Crippen molar-refractivity contribution < 1.29 is 58.4 Å². The van der Waals surface area contributed by atoms with Gasteiger partial charge >= 0.3 is 11.9 Å². The van der Waals surface area contributed by atoms with Gasteiger partial charge in [0.2, 0.25) is 0 Å². The lowest BCUT2D eigenvalue weighted by atomic mass is 9.97. The van der Waals surface area contributed by atoms with E-state index < -0.39 is 79.3 Å². The Labute approximate surface area is 243 Å². The van der Waals surface area contributed by atoms with Crippen molar-refractivity contribution in [2.45, 2.75) is 148 Å². The predicted octanol–water partition coefficient (Wildman–Crippen LogP) is 1.82. The third kappa shape index (κ3) is 10.4. The molecule has 0 aromatic rings. The van der Waals surface area contributed by atoms with Gasteiger partial charge in [-0.3, -0.25) is 9.59 Å². The Morgan fingerprint density at radius 3 is 2.05 bits per heavy atom. The van der Waals surface area contributed by atoms with E-state index in [0.717, 1.165) is 38.5 Å². The normalized spacial score (nSPS) is 34.8. The molecule has 2 saturated heterocycles. The molecule has 2 aliphatic heterocycles. The van der Waals surface area contributed by atoms with Gasteiger partial charge in [-0.2, -0.15) is 0 Å². The Balaban J connectivity index is 2.10. The molecule has 0 bridgehead atoms. The maximum atomic E-state index is 12.2. The molecule has 11 atom stereocenters. The minimum atomic E-state index is -1.64. The van der Waals surface area contributed by atoms with E-state index in [1.54, 1.807) is 27.7 Å². The summed E-state index contributed by atoms with van der Waals surface area (Å²) in [5, 5.41) is 43.3. The first-order chi connectivity index (χ1) is 19.4. The summed E-state index contributed by atoms with van der Waals surface area (Å²) < 4.78 is 34.1. The maximum absolute atomic E-state index is 12.2. The number of carbonyl (C=O) groups is 2. The molecule has 0 aromatic carbocycles. The number of aliphatic hydroxyl groups excluding tert-OH is 4.